The Bertz CT molecular complexity index is 91.7. The van der Waals surface area contributed by atoms with Gasteiger partial charge in [0.25, 0.3) is 0 Å². The van der Waals surface area contributed by atoms with E-state index >= 15 is 0 Å². The van der Waals surface area contributed by atoms with Gasteiger partial charge >= 0.3 is 52.8 Å². The molecule has 1 heterocycles. The van der Waals surface area contributed by atoms with Gasteiger partial charge in [0.05, 0.1) is 0 Å². The maximum atomic E-state index is 4.96. The van der Waals surface area contributed by atoms with E-state index in [0.29, 0.717) is 0 Å². The van der Waals surface area contributed by atoms with E-state index in [0.717, 1.165) is 6.54 Å². The molecule has 0 spiro atoms. The molecule has 0 radical (unpaired) electrons. The average molecular weight is 212 g/mol. The van der Waals surface area contributed by atoms with Crippen LogP contribution in [0.25, 0.3) is 0 Å². The van der Waals surface area contributed by atoms with E-state index in [9.17, 15) is 0 Å². The van der Waals surface area contributed by atoms with Crippen molar-refractivity contribution in [3.05, 3.63) is 9.84 Å². The third-order valence-electron chi connectivity index (χ3n) is 0.702. The van der Waals surface area contributed by atoms with Crippen molar-refractivity contribution >= 4 is 0 Å². The third kappa shape index (κ3) is 1.31. The standard InChI is InChI=1S/C4H7INO/c1-5-4-2-3-6-7-4/h2,6H,3H2,1H3/q-1. The van der Waals surface area contributed by atoms with Gasteiger partial charge < -0.3 is 0 Å². The summed E-state index contributed by atoms with van der Waals surface area (Å²) in [5.41, 5.74) is 2.76. The minimum absolute atomic E-state index is 0.180. The Labute approximate surface area is 53.1 Å². The molecule has 0 aromatic rings. The molecule has 0 fully saturated rings. The van der Waals surface area contributed by atoms with Crippen LogP contribution in [0, 0.1) is 0 Å². The van der Waals surface area contributed by atoms with Gasteiger partial charge in [0.1, 0.15) is 0 Å². The molecule has 1 rings (SSSR count). The first-order valence-corrected chi connectivity index (χ1v) is 5.26. The quantitative estimate of drug-likeness (QED) is 0.371. The summed E-state index contributed by atoms with van der Waals surface area (Å²) >= 11 is 0.180. The molecule has 0 saturated heterocycles. The first-order valence-electron chi connectivity index (χ1n) is 2.03. The van der Waals surface area contributed by atoms with Crippen LogP contribution in [0.3, 0.4) is 0 Å². The minimum atomic E-state index is 0.180. The molecular weight excluding hydrogens is 205 g/mol. The summed E-state index contributed by atoms with van der Waals surface area (Å²) in [7, 11) is 0. The molecule has 2 nitrogen and oxygen atoms in total. The molecule has 0 atom stereocenters. The third-order valence-corrected chi connectivity index (χ3v) is 2.43. The molecule has 1 aliphatic rings. The molecule has 0 amide bonds. The Balaban J connectivity index is 2.36. The molecule has 1 N–H and O–H groups in total. The van der Waals surface area contributed by atoms with Gasteiger partial charge in [0.2, 0.25) is 0 Å². The second kappa shape index (κ2) is 2.52. The maximum absolute atomic E-state index is 4.96. The summed E-state index contributed by atoms with van der Waals surface area (Å²) in [5, 5.41) is 0. The van der Waals surface area contributed by atoms with Crippen molar-refractivity contribution in [1.29, 1.82) is 0 Å². The molecule has 0 saturated carbocycles. The molecule has 0 unspecified atom stereocenters. The van der Waals surface area contributed by atoms with Crippen LogP contribution in [-0.2, 0) is 4.84 Å². The Hall–Kier alpha value is 0.230. The monoisotopic (exact) mass is 212 g/mol. The van der Waals surface area contributed by atoms with Gasteiger partial charge in [0, 0.05) is 0 Å². The van der Waals surface area contributed by atoms with E-state index in [1.165, 1.54) is 3.77 Å². The number of halogens is 1. The Morgan fingerprint density at radius 3 is 3.14 bits per heavy atom. The zero-order valence-electron chi connectivity index (χ0n) is 4.07. The van der Waals surface area contributed by atoms with E-state index in [-0.39, 0.29) is 21.2 Å². The second-order valence-corrected chi connectivity index (χ2v) is 3.29. The van der Waals surface area contributed by atoms with Crippen LogP contribution >= 0.6 is 0 Å². The predicted molar refractivity (Wildman–Crippen MR) is 23.1 cm³/mol. The number of hydroxylamine groups is 1. The van der Waals surface area contributed by atoms with Crippen LogP contribution in [0.5, 0.6) is 0 Å². The summed E-state index contributed by atoms with van der Waals surface area (Å²) in [6.45, 7) is 0.892. The van der Waals surface area contributed by atoms with Crippen LogP contribution in [0.15, 0.2) is 9.84 Å². The predicted octanol–water partition coefficient (Wildman–Crippen LogP) is -2.92. The molecule has 0 aromatic carbocycles. The van der Waals surface area contributed by atoms with E-state index in [1.807, 2.05) is 0 Å². The van der Waals surface area contributed by atoms with Crippen molar-refractivity contribution < 1.29 is 26.0 Å². The fourth-order valence-electron chi connectivity index (χ4n) is 0.390. The number of rotatable bonds is 1. The Kier molecular flexibility index (Phi) is 1.93. The van der Waals surface area contributed by atoms with Gasteiger partial charge in [-0.05, 0) is 0 Å². The van der Waals surface area contributed by atoms with Crippen molar-refractivity contribution in [2.24, 2.45) is 0 Å². The normalized spacial score (nSPS) is 19.3. The van der Waals surface area contributed by atoms with E-state index in [1.54, 1.807) is 0 Å². The molecule has 1 aliphatic heterocycles. The zero-order valence-corrected chi connectivity index (χ0v) is 6.23. The van der Waals surface area contributed by atoms with Crippen LogP contribution in [0.1, 0.15) is 0 Å². The van der Waals surface area contributed by atoms with Crippen molar-refractivity contribution in [3.8, 4) is 0 Å². The molecule has 7 heavy (non-hydrogen) atoms. The van der Waals surface area contributed by atoms with Gasteiger partial charge in [-0.1, -0.05) is 0 Å². The average Bonchev–Trinajstić information content (AvgIpc) is 2.14. The van der Waals surface area contributed by atoms with Gasteiger partial charge in [0.15, 0.2) is 0 Å². The van der Waals surface area contributed by atoms with Crippen LogP contribution < -0.4 is 26.7 Å². The molecule has 0 bridgehead atoms. The van der Waals surface area contributed by atoms with Crippen molar-refractivity contribution in [1.82, 2.24) is 5.48 Å². The summed E-state index contributed by atoms with van der Waals surface area (Å²) in [6.07, 6.45) is 2.09. The van der Waals surface area contributed by atoms with Gasteiger partial charge in [-0.25, -0.2) is 0 Å². The number of nitrogens with one attached hydrogen (secondary N) is 1. The molecule has 0 aliphatic carbocycles. The number of hydrogen-bond acceptors (Lipinski definition) is 2. The fourth-order valence-corrected chi connectivity index (χ4v) is 1.43. The first kappa shape index (κ1) is 5.37. The molecule has 3 heteroatoms. The number of hydrogen-bond donors (Lipinski definition) is 1. The second-order valence-electron chi connectivity index (χ2n) is 1.15. The topological polar surface area (TPSA) is 21.3 Å². The summed E-state index contributed by atoms with van der Waals surface area (Å²) in [4.78, 5) is 7.14. The molecular formula is C4H7INO-. The van der Waals surface area contributed by atoms with E-state index in [2.05, 4.69) is 16.5 Å². The fraction of sp³-hybridized carbons (Fsp3) is 0.500. The van der Waals surface area contributed by atoms with Gasteiger partial charge in [-0.3, -0.25) is 0 Å². The summed E-state index contributed by atoms with van der Waals surface area (Å²) < 4.78 is 1.17. The Morgan fingerprint density at radius 1 is 2.00 bits per heavy atom. The van der Waals surface area contributed by atoms with E-state index < -0.39 is 0 Å². The summed E-state index contributed by atoms with van der Waals surface area (Å²) in [5.74, 6) is 0. The van der Waals surface area contributed by atoms with Crippen LogP contribution in [-0.4, -0.2) is 11.5 Å². The number of alkyl halides is 1. The first-order chi connectivity index (χ1) is 3.43. The van der Waals surface area contributed by atoms with Crippen molar-refractivity contribution in [2.75, 3.05) is 11.5 Å². The van der Waals surface area contributed by atoms with Crippen molar-refractivity contribution in [2.45, 2.75) is 0 Å². The van der Waals surface area contributed by atoms with Gasteiger partial charge in [-0.2, -0.15) is 0 Å². The van der Waals surface area contributed by atoms with Crippen molar-refractivity contribution in [3.63, 3.8) is 0 Å². The Morgan fingerprint density at radius 2 is 2.86 bits per heavy atom. The van der Waals surface area contributed by atoms with E-state index in [4.69, 9.17) is 4.84 Å². The van der Waals surface area contributed by atoms with Gasteiger partial charge in [-0.15, -0.1) is 0 Å². The SMILES string of the molecule is C[I-]C1=CCNO1. The molecule has 42 valence electrons. The zero-order chi connectivity index (χ0) is 5.11. The van der Waals surface area contributed by atoms with Crippen LogP contribution in [0.2, 0.25) is 0 Å². The van der Waals surface area contributed by atoms with Crippen LogP contribution in [0.4, 0.5) is 0 Å². The molecule has 0 aromatic heterocycles. The summed E-state index contributed by atoms with van der Waals surface area (Å²) in [6, 6.07) is 0.